The van der Waals surface area contributed by atoms with Gasteiger partial charge in [0.15, 0.2) is 0 Å². The summed E-state index contributed by atoms with van der Waals surface area (Å²) in [6.07, 6.45) is 10.4. The summed E-state index contributed by atoms with van der Waals surface area (Å²) in [5.41, 5.74) is -0.306. The molecular weight excluding hydrogens is 270 g/mol. The van der Waals surface area contributed by atoms with Gasteiger partial charge in [0.25, 0.3) is 0 Å². The summed E-state index contributed by atoms with van der Waals surface area (Å²) >= 11 is 2.03. The van der Waals surface area contributed by atoms with Crippen molar-refractivity contribution in [2.24, 2.45) is 0 Å². The van der Waals surface area contributed by atoms with Gasteiger partial charge in [0.05, 0.1) is 11.2 Å². The molecule has 4 heteroatoms. The Morgan fingerprint density at radius 2 is 1.95 bits per heavy atom. The van der Waals surface area contributed by atoms with E-state index in [-0.39, 0.29) is 5.60 Å². The molecule has 2 N–H and O–H groups in total. The Labute approximate surface area is 127 Å². The highest BCUT2D eigenvalue weighted by Crippen LogP contribution is 2.38. The molecule has 2 heterocycles. The molecule has 3 nitrogen and oxygen atoms in total. The van der Waals surface area contributed by atoms with Crippen LogP contribution in [-0.4, -0.2) is 47.0 Å². The molecule has 1 spiro atoms. The van der Waals surface area contributed by atoms with E-state index in [2.05, 4.69) is 5.32 Å². The summed E-state index contributed by atoms with van der Waals surface area (Å²) in [4.78, 5) is 0. The second-order valence-electron chi connectivity index (χ2n) is 7.04. The summed E-state index contributed by atoms with van der Waals surface area (Å²) < 4.78 is 6.07. The second kappa shape index (κ2) is 6.55. The third-order valence-electron chi connectivity index (χ3n) is 5.31. The maximum absolute atomic E-state index is 10.7. The molecule has 3 fully saturated rings. The molecular formula is C16H29NO2S. The Kier molecular flexibility index (Phi) is 4.96. The molecule has 3 rings (SSSR count). The highest BCUT2D eigenvalue weighted by atomic mass is 32.2. The first-order chi connectivity index (χ1) is 9.70. The lowest BCUT2D eigenvalue weighted by Crippen LogP contribution is -2.51. The summed E-state index contributed by atoms with van der Waals surface area (Å²) in [6.45, 7) is 1.66. The molecule has 2 saturated heterocycles. The number of thioether (sulfide) groups is 1. The van der Waals surface area contributed by atoms with E-state index in [0.717, 1.165) is 44.6 Å². The number of rotatable bonds is 3. The van der Waals surface area contributed by atoms with Gasteiger partial charge in [-0.1, -0.05) is 25.7 Å². The molecule has 0 radical (unpaired) electrons. The molecule has 1 aliphatic carbocycles. The molecule has 2 unspecified atom stereocenters. The summed E-state index contributed by atoms with van der Waals surface area (Å²) in [7, 11) is 0. The molecule has 1 saturated carbocycles. The van der Waals surface area contributed by atoms with Crippen LogP contribution in [0.5, 0.6) is 0 Å². The van der Waals surface area contributed by atoms with Crippen LogP contribution in [0.4, 0.5) is 0 Å². The molecule has 3 aliphatic rings. The van der Waals surface area contributed by atoms with Crippen molar-refractivity contribution in [3.63, 3.8) is 0 Å². The predicted octanol–water partition coefficient (Wildman–Crippen LogP) is 2.72. The van der Waals surface area contributed by atoms with Crippen molar-refractivity contribution in [1.29, 1.82) is 0 Å². The first kappa shape index (κ1) is 15.1. The van der Waals surface area contributed by atoms with Crippen LogP contribution >= 0.6 is 11.8 Å². The largest absolute Gasteiger partial charge is 0.389 e. The third-order valence-corrected chi connectivity index (χ3v) is 6.54. The van der Waals surface area contributed by atoms with Gasteiger partial charge in [0.1, 0.15) is 0 Å². The van der Waals surface area contributed by atoms with Gasteiger partial charge in [-0.25, -0.2) is 0 Å². The minimum absolute atomic E-state index is 0.145. The number of aliphatic hydroxyl groups is 1. The van der Waals surface area contributed by atoms with Gasteiger partial charge >= 0.3 is 0 Å². The fourth-order valence-electron chi connectivity index (χ4n) is 3.96. The lowest BCUT2D eigenvalue weighted by molar-refractivity contribution is -0.0737. The van der Waals surface area contributed by atoms with E-state index < -0.39 is 5.60 Å². The lowest BCUT2D eigenvalue weighted by Gasteiger charge is -2.39. The van der Waals surface area contributed by atoms with Crippen molar-refractivity contribution in [3.8, 4) is 0 Å². The van der Waals surface area contributed by atoms with E-state index in [1.54, 1.807) is 0 Å². The molecule has 0 aromatic heterocycles. The minimum atomic E-state index is -0.452. The Bertz CT molecular complexity index is 310. The van der Waals surface area contributed by atoms with Gasteiger partial charge in [0, 0.05) is 24.9 Å². The van der Waals surface area contributed by atoms with E-state index in [0.29, 0.717) is 6.04 Å². The zero-order valence-electron chi connectivity index (χ0n) is 12.5. The lowest BCUT2D eigenvalue weighted by atomic mass is 9.88. The maximum Gasteiger partial charge on any atom is 0.0795 e. The van der Waals surface area contributed by atoms with Crippen molar-refractivity contribution in [2.75, 3.05) is 24.7 Å². The van der Waals surface area contributed by atoms with E-state index >= 15 is 0 Å². The van der Waals surface area contributed by atoms with Crippen LogP contribution in [-0.2, 0) is 4.74 Å². The van der Waals surface area contributed by atoms with Crippen molar-refractivity contribution in [1.82, 2.24) is 5.32 Å². The van der Waals surface area contributed by atoms with E-state index in [9.17, 15) is 5.11 Å². The summed E-state index contributed by atoms with van der Waals surface area (Å²) in [5, 5.41) is 14.4. The van der Waals surface area contributed by atoms with E-state index in [1.807, 2.05) is 11.8 Å². The van der Waals surface area contributed by atoms with Crippen molar-refractivity contribution in [2.45, 2.75) is 75.0 Å². The van der Waals surface area contributed by atoms with Gasteiger partial charge in [-0.2, -0.15) is 11.8 Å². The van der Waals surface area contributed by atoms with E-state index in [1.165, 1.54) is 37.9 Å². The molecule has 20 heavy (non-hydrogen) atoms. The molecule has 0 amide bonds. The second-order valence-corrected chi connectivity index (χ2v) is 8.15. The minimum Gasteiger partial charge on any atom is -0.389 e. The smallest absolute Gasteiger partial charge is 0.0795 e. The van der Waals surface area contributed by atoms with Gasteiger partial charge in [-0.05, 0) is 37.9 Å². The Morgan fingerprint density at radius 3 is 2.65 bits per heavy atom. The fraction of sp³-hybridized carbons (Fsp3) is 1.00. The average Bonchev–Trinajstić information content (AvgIpc) is 2.77. The van der Waals surface area contributed by atoms with Gasteiger partial charge in [-0.15, -0.1) is 0 Å². The summed E-state index contributed by atoms with van der Waals surface area (Å²) in [6, 6.07) is 0.537. The molecule has 0 aromatic rings. The van der Waals surface area contributed by atoms with Crippen LogP contribution in [0.25, 0.3) is 0 Å². The number of nitrogens with one attached hydrogen (secondary N) is 1. The molecule has 0 bridgehead atoms. The Balaban J connectivity index is 1.50. The maximum atomic E-state index is 10.7. The third kappa shape index (κ3) is 3.70. The van der Waals surface area contributed by atoms with Crippen molar-refractivity contribution >= 4 is 11.8 Å². The van der Waals surface area contributed by atoms with Gasteiger partial charge in [0.2, 0.25) is 0 Å². The van der Waals surface area contributed by atoms with Crippen LogP contribution < -0.4 is 5.32 Å². The van der Waals surface area contributed by atoms with Crippen LogP contribution in [0, 0.1) is 0 Å². The Hall–Kier alpha value is 0.230. The Morgan fingerprint density at radius 1 is 1.15 bits per heavy atom. The predicted molar refractivity (Wildman–Crippen MR) is 84.3 cm³/mol. The average molecular weight is 299 g/mol. The van der Waals surface area contributed by atoms with Crippen molar-refractivity contribution in [3.05, 3.63) is 0 Å². The van der Waals surface area contributed by atoms with Crippen molar-refractivity contribution < 1.29 is 9.84 Å². The van der Waals surface area contributed by atoms with Gasteiger partial charge in [-0.3, -0.25) is 0 Å². The molecule has 2 atom stereocenters. The van der Waals surface area contributed by atoms with Crippen LogP contribution in [0.3, 0.4) is 0 Å². The fourth-order valence-corrected chi connectivity index (χ4v) is 5.34. The summed E-state index contributed by atoms with van der Waals surface area (Å²) in [5.74, 6) is 2.41. The molecule has 2 aliphatic heterocycles. The van der Waals surface area contributed by atoms with Crippen LogP contribution in [0.15, 0.2) is 0 Å². The topological polar surface area (TPSA) is 41.5 Å². The normalized spacial score (nSPS) is 38.0. The monoisotopic (exact) mass is 299 g/mol. The first-order valence-electron chi connectivity index (χ1n) is 8.37. The van der Waals surface area contributed by atoms with Crippen LogP contribution in [0.2, 0.25) is 0 Å². The number of hydrogen-bond acceptors (Lipinski definition) is 4. The molecule has 116 valence electrons. The zero-order valence-corrected chi connectivity index (χ0v) is 13.3. The quantitative estimate of drug-likeness (QED) is 0.786. The van der Waals surface area contributed by atoms with Gasteiger partial charge < -0.3 is 15.2 Å². The SMILES string of the molecule is OC1(CNC2CCOC3(CCSC3)C2)CCCCCC1. The van der Waals surface area contributed by atoms with Crippen LogP contribution in [0.1, 0.15) is 57.8 Å². The zero-order chi connectivity index (χ0) is 13.9. The number of ether oxygens (including phenoxy) is 1. The highest BCUT2D eigenvalue weighted by Gasteiger charge is 2.41. The first-order valence-corrected chi connectivity index (χ1v) is 9.53. The van der Waals surface area contributed by atoms with E-state index in [4.69, 9.17) is 4.74 Å². The standard InChI is InChI=1S/C16H29NO2S/c18-15(6-3-1-2-4-7-15)12-17-14-5-9-19-16(11-14)8-10-20-13-16/h14,17-18H,1-13H2. The number of hydrogen-bond donors (Lipinski definition) is 2. The molecule has 0 aromatic carbocycles. The highest BCUT2D eigenvalue weighted by molar-refractivity contribution is 7.99.